The summed E-state index contributed by atoms with van der Waals surface area (Å²) in [5.74, 6) is 0.755. The number of rotatable bonds is 7. The Morgan fingerprint density at radius 2 is 1.85 bits per heavy atom. The molecule has 176 valence electrons. The number of carbonyl (C=O) groups excluding carboxylic acids is 2. The van der Waals surface area contributed by atoms with Crippen molar-refractivity contribution in [1.29, 1.82) is 0 Å². The van der Waals surface area contributed by atoms with Gasteiger partial charge in [0.25, 0.3) is 5.91 Å². The first kappa shape index (κ1) is 22.2. The van der Waals surface area contributed by atoms with E-state index in [1.807, 2.05) is 4.68 Å². The largest absolute Gasteiger partial charge is 0.454 e. The highest BCUT2D eigenvalue weighted by molar-refractivity contribution is 7.99. The lowest BCUT2D eigenvalue weighted by atomic mass is 9.96. The quantitative estimate of drug-likeness (QED) is 0.489. The first-order valence-corrected chi connectivity index (χ1v) is 12.2. The molecular formula is C23H24N6O4S. The summed E-state index contributed by atoms with van der Waals surface area (Å²) in [5.41, 5.74) is 1.35. The first-order valence-electron chi connectivity index (χ1n) is 11.2. The molecule has 0 radical (unpaired) electrons. The molecular weight excluding hydrogens is 456 g/mol. The third-order valence-electron chi connectivity index (χ3n) is 5.79. The van der Waals surface area contributed by atoms with Crippen LogP contribution in [-0.2, 0) is 4.79 Å². The third kappa shape index (κ3) is 4.98. The SMILES string of the molecule is O=C(CSc1nnnn1C1CCCCC1)Nc1ccccc1C(=O)Nc1ccc2c(c1)OCO2. The van der Waals surface area contributed by atoms with Crippen molar-refractivity contribution in [3.8, 4) is 11.5 Å². The summed E-state index contributed by atoms with van der Waals surface area (Å²) in [6.07, 6.45) is 5.68. The predicted molar refractivity (Wildman–Crippen MR) is 126 cm³/mol. The van der Waals surface area contributed by atoms with Crippen molar-refractivity contribution in [1.82, 2.24) is 20.2 Å². The van der Waals surface area contributed by atoms with Crippen LogP contribution in [0.4, 0.5) is 11.4 Å². The lowest BCUT2D eigenvalue weighted by molar-refractivity contribution is -0.113. The average Bonchev–Trinajstić information content (AvgIpc) is 3.53. The molecule has 1 saturated carbocycles. The number of fused-ring (bicyclic) bond motifs is 1. The van der Waals surface area contributed by atoms with Gasteiger partial charge in [0.2, 0.25) is 17.9 Å². The van der Waals surface area contributed by atoms with Gasteiger partial charge in [-0.15, -0.1) is 5.10 Å². The molecule has 11 heteroatoms. The van der Waals surface area contributed by atoms with E-state index in [0.29, 0.717) is 33.6 Å². The van der Waals surface area contributed by atoms with Crippen molar-refractivity contribution in [2.75, 3.05) is 23.2 Å². The normalized spacial score (nSPS) is 15.2. The number of benzene rings is 2. The number of thioether (sulfide) groups is 1. The summed E-state index contributed by atoms with van der Waals surface area (Å²) in [4.78, 5) is 25.6. The van der Waals surface area contributed by atoms with Crippen LogP contribution in [0.1, 0.15) is 48.5 Å². The van der Waals surface area contributed by atoms with Gasteiger partial charge in [-0.2, -0.15) is 0 Å². The molecule has 2 N–H and O–H groups in total. The van der Waals surface area contributed by atoms with Crippen molar-refractivity contribution in [3.05, 3.63) is 48.0 Å². The van der Waals surface area contributed by atoms with Gasteiger partial charge < -0.3 is 20.1 Å². The number of aromatic nitrogens is 4. The second-order valence-electron chi connectivity index (χ2n) is 8.10. The molecule has 1 aromatic heterocycles. The van der Waals surface area contributed by atoms with E-state index in [1.54, 1.807) is 42.5 Å². The number of carbonyl (C=O) groups is 2. The molecule has 3 aromatic rings. The van der Waals surface area contributed by atoms with E-state index in [2.05, 4.69) is 26.2 Å². The Balaban J connectivity index is 1.21. The topological polar surface area (TPSA) is 120 Å². The fraction of sp³-hybridized carbons (Fsp3) is 0.348. The van der Waals surface area contributed by atoms with Gasteiger partial charge in [-0.05, 0) is 47.5 Å². The predicted octanol–water partition coefficient (Wildman–Crippen LogP) is 3.89. The number of nitrogens with one attached hydrogen (secondary N) is 2. The van der Waals surface area contributed by atoms with Gasteiger partial charge in [0.1, 0.15) is 0 Å². The molecule has 2 heterocycles. The molecule has 0 saturated heterocycles. The maximum Gasteiger partial charge on any atom is 0.257 e. The fourth-order valence-corrected chi connectivity index (χ4v) is 4.86. The summed E-state index contributed by atoms with van der Waals surface area (Å²) in [5, 5.41) is 18.3. The Bertz CT molecular complexity index is 1190. The number of para-hydroxylation sites is 1. The summed E-state index contributed by atoms with van der Waals surface area (Å²) in [6, 6.07) is 12.3. The standard InChI is InChI=1S/C23H24N6O4S/c30-21(13-34-23-26-27-28-29(23)16-6-2-1-3-7-16)25-18-9-5-4-8-17(18)22(31)24-15-10-11-19-20(12-15)33-14-32-19/h4-5,8-12,16H,1-3,6-7,13-14H2,(H,24,31)(H,25,30). The van der Waals surface area contributed by atoms with E-state index >= 15 is 0 Å². The Morgan fingerprint density at radius 3 is 2.74 bits per heavy atom. The van der Waals surface area contributed by atoms with Gasteiger partial charge in [0, 0.05) is 11.8 Å². The zero-order valence-electron chi connectivity index (χ0n) is 18.4. The molecule has 2 aliphatic rings. The van der Waals surface area contributed by atoms with Crippen LogP contribution in [-0.4, -0.2) is 44.6 Å². The summed E-state index contributed by atoms with van der Waals surface area (Å²) >= 11 is 1.29. The van der Waals surface area contributed by atoms with Gasteiger partial charge in [-0.1, -0.05) is 43.2 Å². The van der Waals surface area contributed by atoms with Crippen LogP contribution < -0.4 is 20.1 Å². The number of hydrogen-bond donors (Lipinski definition) is 2. The monoisotopic (exact) mass is 480 g/mol. The van der Waals surface area contributed by atoms with E-state index in [9.17, 15) is 9.59 Å². The molecule has 10 nitrogen and oxygen atoms in total. The van der Waals surface area contributed by atoms with E-state index < -0.39 is 0 Å². The molecule has 1 fully saturated rings. The minimum Gasteiger partial charge on any atom is -0.454 e. The van der Waals surface area contributed by atoms with Crippen molar-refractivity contribution >= 4 is 35.0 Å². The zero-order chi connectivity index (χ0) is 23.3. The van der Waals surface area contributed by atoms with Gasteiger partial charge >= 0.3 is 0 Å². The second kappa shape index (κ2) is 10.1. The molecule has 2 amide bonds. The molecule has 0 spiro atoms. The molecule has 1 aliphatic carbocycles. The van der Waals surface area contributed by atoms with Gasteiger partial charge in [-0.25, -0.2) is 4.68 Å². The minimum absolute atomic E-state index is 0.130. The number of tetrazole rings is 1. The van der Waals surface area contributed by atoms with Crippen LogP contribution in [0.5, 0.6) is 11.5 Å². The Labute approximate surface area is 200 Å². The smallest absolute Gasteiger partial charge is 0.257 e. The molecule has 34 heavy (non-hydrogen) atoms. The number of anilines is 2. The van der Waals surface area contributed by atoms with Crippen LogP contribution in [0, 0.1) is 0 Å². The van der Waals surface area contributed by atoms with E-state index in [4.69, 9.17) is 9.47 Å². The van der Waals surface area contributed by atoms with Crippen LogP contribution in [0.2, 0.25) is 0 Å². The van der Waals surface area contributed by atoms with Gasteiger partial charge in [0.05, 0.1) is 23.0 Å². The van der Waals surface area contributed by atoms with E-state index in [0.717, 1.165) is 12.8 Å². The second-order valence-corrected chi connectivity index (χ2v) is 9.04. The zero-order valence-corrected chi connectivity index (χ0v) is 19.2. The van der Waals surface area contributed by atoms with Crippen molar-refractivity contribution < 1.29 is 19.1 Å². The molecule has 5 rings (SSSR count). The maximum absolute atomic E-state index is 12.9. The fourth-order valence-electron chi connectivity index (χ4n) is 4.11. The highest BCUT2D eigenvalue weighted by Crippen LogP contribution is 2.34. The molecule has 0 unspecified atom stereocenters. The first-order chi connectivity index (χ1) is 16.7. The Hall–Kier alpha value is -3.60. The highest BCUT2D eigenvalue weighted by atomic mass is 32.2. The van der Waals surface area contributed by atoms with Crippen LogP contribution in [0.3, 0.4) is 0 Å². The summed E-state index contributed by atoms with van der Waals surface area (Å²) in [7, 11) is 0. The van der Waals surface area contributed by atoms with Crippen LogP contribution >= 0.6 is 11.8 Å². The number of amides is 2. The van der Waals surface area contributed by atoms with Crippen molar-refractivity contribution in [3.63, 3.8) is 0 Å². The summed E-state index contributed by atoms with van der Waals surface area (Å²) < 4.78 is 12.5. The molecule has 2 aromatic carbocycles. The highest BCUT2D eigenvalue weighted by Gasteiger charge is 2.21. The number of hydrogen-bond acceptors (Lipinski definition) is 8. The minimum atomic E-state index is -0.344. The Morgan fingerprint density at radius 1 is 1.03 bits per heavy atom. The van der Waals surface area contributed by atoms with Gasteiger partial charge in [0.15, 0.2) is 11.5 Å². The van der Waals surface area contributed by atoms with E-state index in [-0.39, 0.29) is 30.4 Å². The average molecular weight is 481 g/mol. The van der Waals surface area contributed by atoms with Gasteiger partial charge in [-0.3, -0.25) is 9.59 Å². The van der Waals surface area contributed by atoms with Crippen LogP contribution in [0.15, 0.2) is 47.6 Å². The number of nitrogens with zero attached hydrogens (tertiary/aromatic N) is 4. The molecule has 0 atom stereocenters. The summed E-state index contributed by atoms with van der Waals surface area (Å²) in [6.45, 7) is 0.159. The lowest BCUT2D eigenvalue weighted by Crippen LogP contribution is -2.20. The van der Waals surface area contributed by atoms with Crippen molar-refractivity contribution in [2.24, 2.45) is 0 Å². The van der Waals surface area contributed by atoms with Crippen molar-refractivity contribution in [2.45, 2.75) is 43.3 Å². The number of ether oxygens (including phenoxy) is 2. The molecule has 0 bridgehead atoms. The lowest BCUT2D eigenvalue weighted by Gasteiger charge is -2.21. The maximum atomic E-state index is 12.9. The van der Waals surface area contributed by atoms with Crippen LogP contribution in [0.25, 0.3) is 0 Å². The third-order valence-corrected chi connectivity index (χ3v) is 6.73. The molecule has 1 aliphatic heterocycles. The Kier molecular flexibility index (Phi) is 6.61. The van der Waals surface area contributed by atoms with E-state index in [1.165, 1.54) is 31.0 Å².